The molecule has 0 aliphatic heterocycles. The van der Waals surface area contributed by atoms with E-state index in [1.807, 2.05) is 0 Å². The summed E-state index contributed by atoms with van der Waals surface area (Å²) in [5.41, 5.74) is -0.626. The molecule has 8 heteroatoms. The molecule has 0 radical (unpaired) electrons. The fourth-order valence-corrected chi connectivity index (χ4v) is 3.69. The SMILES string of the molecule is O=S(=O)(CCCC(F)(F)F)NC1(CCl)CCC1. The summed E-state index contributed by atoms with van der Waals surface area (Å²) in [5.74, 6) is -0.351. The molecule has 1 aliphatic carbocycles. The highest BCUT2D eigenvalue weighted by atomic mass is 35.5. The Morgan fingerprint density at radius 3 is 2.24 bits per heavy atom. The van der Waals surface area contributed by atoms with Crippen LogP contribution in [0.1, 0.15) is 32.1 Å². The van der Waals surface area contributed by atoms with Gasteiger partial charge in [-0.3, -0.25) is 0 Å². The van der Waals surface area contributed by atoms with E-state index in [1.165, 1.54) is 0 Å². The van der Waals surface area contributed by atoms with Crippen LogP contribution in [0.15, 0.2) is 0 Å². The molecule has 0 aromatic carbocycles. The van der Waals surface area contributed by atoms with E-state index < -0.39 is 40.3 Å². The summed E-state index contributed by atoms with van der Waals surface area (Å²) in [6.07, 6.45) is -3.63. The van der Waals surface area contributed by atoms with Gasteiger partial charge in [-0.2, -0.15) is 13.2 Å². The van der Waals surface area contributed by atoms with Gasteiger partial charge in [-0.25, -0.2) is 13.1 Å². The first-order valence-corrected chi connectivity index (χ1v) is 7.51. The Labute approximate surface area is 104 Å². The highest BCUT2D eigenvalue weighted by Crippen LogP contribution is 2.33. The van der Waals surface area contributed by atoms with E-state index in [4.69, 9.17) is 11.6 Å². The summed E-state index contributed by atoms with van der Waals surface area (Å²) < 4.78 is 61.1. The molecule has 1 N–H and O–H groups in total. The van der Waals surface area contributed by atoms with Gasteiger partial charge < -0.3 is 0 Å². The van der Waals surface area contributed by atoms with Gasteiger partial charge in [0.15, 0.2) is 0 Å². The summed E-state index contributed by atoms with van der Waals surface area (Å²) >= 11 is 5.67. The largest absolute Gasteiger partial charge is 0.389 e. The molecule has 0 amide bonds. The Balaban J connectivity index is 2.41. The lowest BCUT2D eigenvalue weighted by Gasteiger charge is -2.40. The number of hydrogen-bond acceptors (Lipinski definition) is 2. The van der Waals surface area contributed by atoms with Gasteiger partial charge in [0.05, 0.1) is 5.75 Å². The summed E-state index contributed by atoms with van der Waals surface area (Å²) in [6, 6.07) is 0. The van der Waals surface area contributed by atoms with Crippen LogP contribution < -0.4 is 4.72 Å². The van der Waals surface area contributed by atoms with Gasteiger partial charge in [0, 0.05) is 17.8 Å². The molecule has 1 fully saturated rings. The Morgan fingerprint density at radius 2 is 1.88 bits per heavy atom. The normalized spacial score (nSPS) is 20.0. The fraction of sp³-hybridized carbons (Fsp3) is 1.00. The standard InChI is InChI=1S/C9H15ClF3NO2S/c10-7-8(3-1-4-8)14-17(15,16)6-2-5-9(11,12)13/h14H,1-7H2. The zero-order valence-electron chi connectivity index (χ0n) is 9.19. The zero-order chi connectivity index (χ0) is 13.2. The smallest absolute Gasteiger partial charge is 0.212 e. The minimum Gasteiger partial charge on any atom is -0.212 e. The van der Waals surface area contributed by atoms with Gasteiger partial charge in [-0.1, -0.05) is 0 Å². The Bertz CT molecular complexity index is 346. The van der Waals surface area contributed by atoms with Crippen LogP contribution in [0, 0.1) is 0 Å². The fourth-order valence-electron chi connectivity index (χ4n) is 1.71. The first kappa shape index (κ1) is 15.0. The predicted octanol–water partition coefficient (Wildman–Crippen LogP) is 2.41. The van der Waals surface area contributed by atoms with Crippen molar-refractivity contribution in [1.29, 1.82) is 0 Å². The third kappa shape index (κ3) is 5.01. The van der Waals surface area contributed by atoms with E-state index in [0.29, 0.717) is 12.8 Å². The van der Waals surface area contributed by atoms with Crippen LogP contribution in [-0.2, 0) is 10.0 Å². The topological polar surface area (TPSA) is 46.2 Å². The molecule has 0 atom stereocenters. The molecule has 0 heterocycles. The third-order valence-electron chi connectivity index (χ3n) is 2.81. The lowest BCUT2D eigenvalue weighted by atomic mass is 9.79. The van der Waals surface area contributed by atoms with E-state index in [-0.39, 0.29) is 5.88 Å². The van der Waals surface area contributed by atoms with Crippen LogP contribution in [0.3, 0.4) is 0 Å². The van der Waals surface area contributed by atoms with Gasteiger partial charge in [0.2, 0.25) is 10.0 Å². The lowest BCUT2D eigenvalue weighted by Crippen LogP contribution is -2.55. The summed E-state index contributed by atoms with van der Waals surface area (Å²) in [5, 5.41) is 0. The second-order valence-corrected chi connectivity index (χ2v) is 6.52. The maximum Gasteiger partial charge on any atom is 0.389 e. The number of nitrogens with one attached hydrogen (secondary N) is 1. The number of hydrogen-bond donors (Lipinski definition) is 1. The molecule has 3 nitrogen and oxygen atoms in total. The molecule has 0 bridgehead atoms. The molecule has 0 saturated heterocycles. The van der Waals surface area contributed by atoms with Crippen molar-refractivity contribution in [2.75, 3.05) is 11.6 Å². The molecule has 17 heavy (non-hydrogen) atoms. The molecular formula is C9H15ClF3NO2S. The second kappa shape index (κ2) is 5.32. The second-order valence-electron chi connectivity index (χ2n) is 4.41. The van der Waals surface area contributed by atoms with Crippen LogP contribution in [0.25, 0.3) is 0 Å². The predicted molar refractivity (Wildman–Crippen MR) is 59.5 cm³/mol. The van der Waals surface area contributed by atoms with Crippen LogP contribution in [0.4, 0.5) is 13.2 Å². The van der Waals surface area contributed by atoms with Crippen molar-refractivity contribution in [2.45, 2.75) is 43.8 Å². The van der Waals surface area contributed by atoms with Crippen molar-refractivity contribution in [3.05, 3.63) is 0 Å². The molecular weight excluding hydrogens is 279 g/mol. The number of alkyl halides is 4. The minimum absolute atomic E-state index is 0.158. The summed E-state index contributed by atoms with van der Waals surface area (Å²) in [4.78, 5) is 0. The van der Waals surface area contributed by atoms with Crippen molar-refractivity contribution in [2.24, 2.45) is 0 Å². The minimum atomic E-state index is -4.31. The highest BCUT2D eigenvalue weighted by molar-refractivity contribution is 7.89. The number of rotatable bonds is 6. The van der Waals surface area contributed by atoms with Crippen LogP contribution in [0.2, 0.25) is 0 Å². The quantitative estimate of drug-likeness (QED) is 0.765. The van der Waals surface area contributed by atoms with Gasteiger partial charge >= 0.3 is 6.18 Å². The van der Waals surface area contributed by atoms with E-state index in [1.54, 1.807) is 0 Å². The number of sulfonamides is 1. The van der Waals surface area contributed by atoms with Gasteiger partial charge in [0.1, 0.15) is 0 Å². The molecule has 0 aromatic rings. The zero-order valence-corrected chi connectivity index (χ0v) is 10.8. The Kier molecular flexibility index (Phi) is 4.71. The van der Waals surface area contributed by atoms with Crippen molar-refractivity contribution >= 4 is 21.6 Å². The van der Waals surface area contributed by atoms with Gasteiger partial charge in [-0.05, 0) is 25.7 Å². The molecule has 0 spiro atoms. The molecule has 102 valence electrons. The van der Waals surface area contributed by atoms with E-state index in [9.17, 15) is 21.6 Å². The van der Waals surface area contributed by atoms with Crippen LogP contribution in [-0.4, -0.2) is 31.8 Å². The molecule has 1 rings (SSSR count). The Morgan fingerprint density at radius 1 is 1.29 bits per heavy atom. The van der Waals surface area contributed by atoms with Crippen molar-refractivity contribution in [3.63, 3.8) is 0 Å². The first-order valence-electron chi connectivity index (χ1n) is 5.32. The molecule has 0 unspecified atom stereocenters. The van der Waals surface area contributed by atoms with E-state index in [2.05, 4.69) is 4.72 Å². The molecule has 1 saturated carbocycles. The third-order valence-corrected chi connectivity index (χ3v) is 4.89. The average molecular weight is 294 g/mol. The maximum absolute atomic E-state index is 11.9. The van der Waals surface area contributed by atoms with Gasteiger partial charge in [0.25, 0.3) is 0 Å². The monoisotopic (exact) mass is 293 g/mol. The summed E-state index contributed by atoms with van der Waals surface area (Å²) in [7, 11) is -3.67. The van der Waals surface area contributed by atoms with Crippen molar-refractivity contribution < 1.29 is 21.6 Å². The van der Waals surface area contributed by atoms with E-state index >= 15 is 0 Å². The Hall–Kier alpha value is -0.0100. The maximum atomic E-state index is 11.9. The van der Waals surface area contributed by atoms with E-state index in [0.717, 1.165) is 6.42 Å². The molecule has 0 aromatic heterocycles. The van der Waals surface area contributed by atoms with Crippen LogP contribution in [0.5, 0.6) is 0 Å². The van der Waals surface area contributed by atoms with Crippen molar-refractivity contribution in [3.8, 4) is 0 Å². The van der Waals surface area contributed by atoms with Crippen LogP contribution >= 0.6 is 11.6 Å². The van der Waals surface area contributed by atoms with Crippen molar-refractivity contribution in [1.82, 2.24) is 4.72 Å². The summed E-state index contributed by atoms with van der Waals surface area (Å²) in [6.45, 7) is 0. The number of halogens is 4. The first-order chi connectivity index (χ1) is 7.68. The van der Waals surface area contributed by atoms with Gasteiger partial charge in [-0.15, -0.1) is 11.6 Å². The molecule has 1 aliphatic rings. The average Bonchev–Trinajstić information content (AvgIpc) is 2.09. The lowest BCUT2D eigenvalue weighted by molar-refractivity contribution is -0.134. The highest BCUT2D eigenvalue weighted by Gasteiger charge is 2.39.